The van der Waals surface area contributed by atoms with Crippen molar-refractivity contribution in [1.29, 1.82) is 0 Å². The predicted octanol–water partition coefficient (Wildman–Crippen LogP) is 3.61. The van der Waals surface area contributed by atoms with E-state index < -0.39 is 17.4 Å². The second-order valence-electron chi connectivity index (χ2n) is 13.4. The fourth-order valence-corrected chi connectivity index (χ4v) is 7.29. The van der Waals surface area contributed by atoms with Crippen molar-refractivity contribution in [3.63, 3.8) is 0 Å². The molecule has 2 aliphatic heterocycles. The van der Waals surface area contributed by atoms with Crippen molar-refractivity contribution in [2.45, 2.75) is 90.8 Å². The van der Waals surface area contributed by atoms with Gasteiger partial charge in [-0.15, -0.1) is 0 Å². The second-order valence-corrected chi connectivity index (χ2v) is 13.4. The van der Waals surface area contributed by atoms with Crippen LogP contribution in [-0.4, -0.2) is 96.3 Å². The SMILES string of the molecule is COCCCNC(=O)C[C@H]1C[C@H](C(=O)N(C(C)C)C(C)C)[C@@]2(C)c3[nH]c4cc(CCC(=O)N(C)C)ccc4c3CCN2C1=O. The maximum absolute atomic E-state index is 14.5. The van der Waals surface area contributed by atoms with Gasteiger partial charge in [0.1, 0.15) is 0 Å². The molecule has 1 aromatic carbocycles. The number of aromatic nitrogens is 1. The number of nitrogens with zero attached hydrogens (tertiary/aromatic N) is 3. The lowest BCUT2D eigenvalue weighted by molar-refractivity contribution is -0.166. The van der Waals surface area contributed by atoms with Crippen LogP contribution < -0.4 is 5.32 Å². The lowest BCUT2D eigenvalue weighted by Gasteiger charge is -2.54. The average Bonchev–Trinajstić information content (AvgIpc) is 3.34. The van der Waals surface area contributed by atoms with Crippen LogP contribution in [0.25, 0.3) is 10.9 Å². The molecule has 3 atom stereocenters. The molecule has 0 spiro atoms. The number of ether oxygens (including phenoxy) is 1. The van der Waals surface area contributed by atoms with Gasteiger partial charge in [0, 0.05) is 88.3 Å². The molecule has 0 aliphatic carbocycles. The third-order valence-electron chi connectivity index (χ3n) is 9.51. The zero-order chi connectivity index (χ0) is 32.3. The summed E-state index contributed by atoms with van der Waals surface area (Å²) in [5.41, 5.74) is 3.16. The van der Waals surface area contributed by atoms with E-state index in [2.05, 4.69) is 28.5 Å². The highest BCUT2D eigenvalue weighted by atomic mass is 16.5. The maximum Gasteiger partial charge on any atom is 0.228 e. The van der Waals surface area contributed by atoms with Crippen LogP contribution >= 0.6 is 0 Å². The Bertz CT molecular complexity index is 1370. The van der Waals surface area contributed by atoms with Gasteiger partial charge in [-0.3, -0.25) is 19.2 Å². The standard InChI is InChI=1S/C34H51N5O5/c1-21(2)39(22(3)4)33(43)27-19-24(20-29(40)35-15-9-17-44-8)32(42)38-16-14-26-25-12-10-23(11-13-30(41)37(6)7)18-28(25)36-31(26)34(27,38)5/h10,12,18,21-22,24,27,36H,9,11,13-17,19-20H2,1-8H3,(H,35,40)/t24-,27-,34+/m1/s1. The highest BCUT2D eigenvalue weighted by molar-refractivity contribution is 5.93. The van der Waals surface area contributed by atoms with Crippen molar-refractivity contribution >= 4 is 34.5 Å². The Morgan fingerprint density at radius 2 is 1.86 bits per heavy atom. The maximum atomic E-state index is 14.5. The van der Waals surface area contributed by atoms with Gasteiger partial charge >= 0.3 is 0 Å². The van der Waals surface area contributed by atoms with Gasteiger partial charge in [0.2, 0.25) is 23.6 Å². The minimum Gasteiger partial charge on any atom is -0.385 e. The van der Waals surface area contributed by atoms with Gasteiger partial charge in [-0.25, -0.2) is 0 Å². The molecule has 1 saturated heterocycles. The molecule has 2 aromatic rings. The number of fused-ring (bicyclic) bond motifs is 5. The Kier molecular flexibility index (Phi) is 10.4. The number of methoxy groups -OCH3 is 1. The number of amides is 4. The number of aryl methyl sites for hydroxylation is 1. The fourth-order valence-electron chi connectivity index (χ4n) is 7.29. The monoisotopic (exact) mass is 609 g/mol. The Labute approximate surface area is 261 Å². The highest BCUT2D eigenvalue weighted by Gasteiger charge is 2.57. The molecule has 0 saturated carbocycles. The summed E-state index contributed by atoms with van der Waals surface area (Å²) >= 11 is 0. The number of H-pyrrole nitrogens is 1. The number of carbonyl (C=O) groups excluding carboxylic acids is 4. The van der Waals surface area contributed by atoms with E-state index in [4.69, 9.17) is 4.74 Å². The van der Waals surface area contributed by atoms with Crippen molar-refractivity contribution in [3.8, 4) is 0 Å². The van der Waals surface area contributed by atoms with Crippen LogP contribution in [0.1, 0.15) is 77.1 Å². The van der Waals surface area contributed by atoms with E-state index >= 15 is 0 Å². The smallest absolute Gasteiger partial charge is 0.228 e. The van der Waals surface area contributed by atoms with E-state index in [1.165, 1.54) is 0 Å². The van der Waals surface area contributed by atoms with Crippen LogP contribution in [-0.2, 0) is 42.3 Å². The van der Waals surface area contributed by atoms with Crippen LogP contribution in [0.15, 0.2) is 18.2 Å². The van der Waals surface area contributed by atoms with Crippen molar-refractivity contribution in [1.82, 2.24) is 25.0 Å². The van der Waals surface area contributed by atoms with Gasteiger partial charge in [-0.05, 0) is 77.5 Å². The Hall–Kier alpha value is -3.40. The van der Waals surface area contributed by atoms with Crippen LogP contribution in [0.2, 0.25) is 0 Å². The molecular formula is C34H51N5O5. The van der Waals surface area contributed by atoms with Gasteiger partial charge in [-0.2, -0.15) is 0 Å². The molecule has 4 amide bonds. The molecule has 1 aromatic heterocycles. The van der Waals surface area contributed by atoms with E-state index in [0.717, 1.165) is 27.7 Å². The summed E-state index contributed by atoms with van der Waals surface area (Å²) in [7, 11) is 5.15. The molecule has 4 rings (SSSR count). The summed E-state index contributed by atoms with van der Waals surface area (Å²) in [6, 6.07) is 6.24. The Balaban J connectivity index is 1.72. The topological polar surface area (TPSA) is 115 Å². The van der Waals surface area contributed by atoms with Crippen molar-refractivity contribution in [2.24, 2.45) is 11.8 Å². The first kappa shape index (κ1) is 33.5. The zero-order valence-electron chi connectivity index (χ0n) is 27.8. The first-order valence-corrected chi connectivity index (χ1v) is 16.0. The quantitative estimate of drug-likeness (QED) is 0.357. The van der Waals surface area contributed by atoms with Crippen molar-refractivity contribution < 1.29 is 23.9 Å². The third-order valence-corrected chi connectivity index (χ3v) is 9.51. The van der Waals surface area contributed by atoms with Crippen LogP contribution in [0, 0.1) is 11.8 Å². The molecule has 3 heterocycles. The lowest BCUT2D eigenvalue weighted by Crippen LogP contribution is -2.65. The number of benzene rings is 1. The summed E-state index contributed by atoms with van der Waals surface area (Å²) in [6.45, 7) is 11.6. The number of hydrogen-bond donors (Lipinski definition) is 2. The Morgan fingerprint density at radius 3 is 2.50 bits per heavy atom. The highest BCUT2D eigenvalue weighted by Crippen LogP contribution is 2.50. The average molecular weight is 610 g/mol. The minimum atomic E-state index is -0.894. The van der Waals surface area contributed by atoms with Gasteiger partial charge in [0.25, 0.3) is 0 Å². The molecule has 2 N–H and O–H groups in total. The molecular weight excluding hydrogens is 558 g/mol. The second kappa shape index (κ2) is 13.7. The summed E-state index contributed by atoms with van der Waals surface area (Å²) in [5.74, 6) is -1.26. The zero-order valence-corrected chi connectivity index (χ0v) is 27.8. The van der Waals surface area contributed by atoms with Gasteiger partial charge < -0.3 is 29.7 Å². The van der Waals surface area contributed by atoms with E-state index in [9.17, 15) is 19.2 Å². The van der Waals surface area contributed by atoms with E-state index in [1.54, 1.807) is 26.1 Å². The van der Waals surface area contributed by atoms with Crippen molar-refractivity contribution in [2.75, 3.05) is 40.9 Å². The lowest BCUT2D eigenvalue weighted by atomic mass is 9.67. The largest absolute Gasteiger partial charge is 0.385 e. The molecule has 10 nitrogen and oxygen atoms in total. The summed E-state index contributed by atoms with van der Waals surface area (Å²) in [5, 5.41) is 4.00. The van der Waals surface area contributed by atoms with Crippen LogP contribution in [0.3, 0.4) is 0 Å². The molecule has 44 heavy (non-hydrogen) atoms. The molecule has 0 radical (unpaired) electrons. The number of piperidine rings is 1. The molecule has 242 valence electrons. The normalized spacial score (nSPS) is 21.4. The van der Waals surface area contributed by atoms with Gasteiger partial charge in [0.15, 0.2) is 0 Å². The van der Waals surface area contributed by atoms with Crippen molar-refractivity contribution in [3.05, 3.63) is 35.0 Å². The first-order valence-electron chi connectivity index (χ1n) is 16.0. The predicted molar refractivity (Wildman–Crippen MR) is 171 cm³/mol. The van der Waals surface area contributed by atoms with Gasteiger partial charge in [-0.1, -0.05) is 12.1 Å². The third kappa shape index (κ3) is 6.50. The van der Waals surface area contributed by atoms with Gasteiger partial charge in [0.05, 0.1) is 11.5 Å². The summed E-state index contributed by atoms with van der Waals surface area (Å²) < 4.78 is 5.08. The molecule has 10 heteroatoms. The van der Waals surface area contributed by atoms with E-state index in [-0.39, 0.29) is 42.1 Å². The fraction of sp³-hybridized carbons (Fsp3) is 0.647. The van der Waals surface area contributed by atoms with Crippen LogP contribution in [0.4, 0.5) is 0 Å². The minimum absolute atomic E-state index is 0.00916. The first-order chi connectivity index (χ1) is 20.8. The number of nitrogens with one attached hydrogen (secondary N) is 2. The summed E-state index contributed by atoms with van der Waals surface area (Å²) in [6.07, 6.45) is 2.77. The van der Waals surface area contributed by atoms with E-state index in [0.29, 0.717) is 51.8 Å². The van der Waals surface area contributed by atoms with E-state index in [1.807, 2.05) is 44.4 Å². The molecule has 2 aliphatic rings. The summed E-state index contributed by atoms with van der Waals surface area (Å²) in [4.78, 5) is 62.8. The number of aromatic amines is 1. The number of rotatable bonds is 12. The molecule has 0 bridgehead atoms. The Morgan fingerprint density at radius 1 is 1.16 bits per heavy atom. The molecule has 1 fully saturated rings. The molecule has 0 unspecified atom stereocenters. The number of carbonyl (C=O) groups is 4. The number of hydrogen-bond acceptors (Lipinski definition) is 5. The van der Waals surface area contributed by atoms with Crippen LogP contribution in [0.5, 0.6) is 0 Å².